The number of rotatable bonds is 7. The van der Waals surface area contributed by atoms with Gasteiger partial charge in [-0.1, -0.05) is 31.4 Å². The Hall–Kier alpha value is 0.310. The lowest BCUT2D eigenvalue weighted by atomic mass is 10.1. The zero-order valence-corrected chi connectivity index (χ0v) is 9.16. The number of hydrogen-bond acceptors (Lipinski definition) is 1. The maximum atomic E-state index is 11.5. The normalized spacial score (nSPS) is 16.0. The lowest BCUT2D eigenvalue weighted by Gasteiger charge is -2.19. The predicted octanol–water partition coefficient (Wildman–Crippen LogP) is 2.93. The van der Waals surface area contributed by atoms with Gasteiger partial charge in [-0.05, 0) is 32.6 Å². The first kappa shape index (κ1) is 12.3. The SMILES string of the molecule is [CH2]CCC(CCCC)[S+]([O-])CC. The molecule has 73 valence electrons. The Morgan fingerprint density at radius 3 is 2.42 bits per heavy atom. The molecule has 2 unspecified atom stereocenters. The molecule has 0 rings (SSSR count). The molecule has 0 aliphatic carbocycles. The Morgan fingerprint density at radius 1 is 1.33 bits per heavy atom. The first-order valence-electron chi connectivity index (χ1n) is 4.92. The zero-order valence-electron chi connectivity index (χ0n) is 8.34. The summed E-state index contributed by atoms with van der Waals surface area (Å²) in [6.07, 6.45) is 5.47. The van der Waals surface area contributed by atoms with Crippen molar-refractivity contribution in [3.63, 3.8) is 0 Å². The standard InChI is InChI=1S/C10H21OS/c1-4-7-9-10(8-5-2)12(11)6-3/h10H,2,4-9H2,1,3H3. The molecule has 0 N–H and O–H groups in total. The van der Waals surface area contributed by atoms with Crippen molar-refractivity contribution in [3.05, 3.63) is 6.92 Å². The van der Waals surface area contributed by atoms with Gasteiger partial charge in [0.15, 0.2) is 0 Å². The van der Waals surface area contributed by atoms with Crippen LogP contribution in [-0.4, -0.2) is 15.6 Å². The highest BCUT2D eigenvalue weighted by molar-refractivity contribution is 7.91. The van der Waals surface area contributed by atoms with Gasteiger partial charge in [0, 0.05) is 0 Å². The van der Waals surface area contributed by atoms with Crippen LogP contribution in [0.25, 0.3) is 0 Å². The van der Waals surface area contributed by atoms with E-state index in [1.807, 2.05) is 6.92 Å². The first-order valence-corrected chi connectivity index (χ1v) is 6.30. The molecule has 0 spiro atoms. The monoisotopic (exact) mass is 189 g/mol. The second-order valence-electron chi connectivity index (χ2n) is 3.08. The molecule has 0 heterocycles. The summed E-state index contributed by atoms with van der Waals surface area (Å²) < 4.78 is 11.5. The highest BCUT2D eigenvalue weighted by Crippen LogP contribution is 2.16. The van der Waals surface area contributed by atoms with Gasteiger partial charge in [0.2, 0.25) is 0 Å². The van der Waals surface area contributed by atoms with E-state index in [1.165, 1.54) is 12.8 Å². The molecule has 0 bridgehead atoms. The Labute approximate surface area is 80.1 Å². The van der Waals surface area contributed by atoms with Crippen LogP contribution in [0.5, 0.6) is 0 Å². The van der Waals surface area contributed by atoms with Crippen LogP contribution >= 0.6 is 0 Å². The van der Waals surface area contributed by atoms with Crippen LogP contribution in [0.1, 0.15) is 46.0 Å². The topological polar surface area (TPSA) is 23.1 Å². The lowest BCUT2D eigenvalue weighted by molar-refractivity contribution is 0.552. The van der Waals surface area contributed by atoms with Crippen LogP contribution in [0, 0.1) is 6.92 Å². The second-order valence-corrected chi connectivity index (χ2v) is 5.08. The van der Waals surface area contributed by atoms with E-state index in [0.717, 1.165) is 25.0 Å². The molecule has 0 aromatic heterocycles. The van der Waals surface area contributed by atoms with E-state index in [0.29, 0.717) is 5.25 Å². The first-order chi connectivity index (χ1) is 5.76. The van der Waals surface area contributed by atoms with Crippen LogP contribution in [0.2, 0.25) is 0 Å². The maximum absolute atomic E-state index is 11.5. The van der Waals surface area contributed by atoms with Gasteiger partial charge in [-0.15, -0.1) is 0 Å². The van der Waals surface area contributed by atoms with Gasteiger partial charge >= 0.3 is 0 Å². The Kier molecular flexibility index (Phi) is 8.14. The van der Waals surface area contributed by atoms with Gasteiger partial charge < -0.3 is 4.55 Å². The molecule has 2 heteroatoms. The van der Waals surface area contributed by atoms with Gasteiger partial charge in [0.1, 0.15) is 11.0 Å². The van der Waals surface area contributed by atoms with Gasteiger partial charge in [0.25, 0.3) is 0 Å². The lowest BCUT2D eigenvalue weighted by Crippen LogP contribution is -2.22. The highest BCUT2D eigenvalue weighted by atomic mass is 32.2. The van der Waals surface area contributed by atoms with E-state index in [2.05, 4.69) is 13.8 Å². The third-order valence-electron chi connectivity index (χ3n) is 2.06. The average molecular weight is 189 g/mol. The molecule has 1 radical (unpaired) electrons. The fraction of sp³-hybridized carbons (Fsp3) is 0.900. The zero-order chi connectivity index (χ0) is 9.40. The molecule has 0 aliphatic heterocycles. The molecule has 0 fully saturated rings. The summed E-state index contributed by atoms with van der Waals surface area (Å²) in [6, 6.07) is 0. The molecule has 0 aromatic rings. The smallest absolute Gasteiger partial charge is 0.115 e. The van der Waals surface area contributed by atoms with Gasteiger partial charge in [-0.2, -0.15) is 0 Å². The molecular weight excluding hydrogens is 168 g/mol. The Morgan fingerprint density at radius 2 is 2.00 bits per heavy atom. The Balaban J connectivity index is 3.68. The largest absolute Gasteiger partial charge is 0.616 e. The van der Waals surface area contributed by atoms with Gasteiger partial charge in [-0.25, -0.2) is 0 Å². The summed E-state index contributed by atoms with van der Waals surface area (Å²) in [6.45, 7) is 7.99. The summed E-state index contributed by atoms with van der Waals surface area (Å²) in [5.41, 5.74) is 0. The van der Waals surface area contributed by atoms with Crippen molar-refractivity contribution in [2.45, 2.75) is 51.2 Å². The van der Waals surface area contributed by atoms with E-state index in [1.54, 1.807) is 0 Å². The minimum atomic E-state index is -0.606. The molecule has 2 atom stereocenters. The predicted molar refractivity (Wildman–Crippen MR) is 56.6 cm³/mol. The third kappa shape index (κ3) is 5.04. The molecule has 0 aromatic carbocycles. The van der Waals surface area contributed by atoms with E-state index in [-0.39, 0.29) is 0 Å². The van der Waals surface area contributed by atoms with Crippen molar-refractivity contribution < 1.29 is 4.55 Å². The third-order valence-corrected chi connectivity index (χ3v) is 3.85. The minimum Gasteiger partial charge on any atom is -0.616 e. The van der Waals surface area contributed by atoms with Crippen molar-refractivity contribution >= 4 is 11.2 Å². The van der Waals surface area contributed by atoms with E-state index < -0.39 is 11.2 Å². The second kappa shape index (κ2) is 7.93. The van der Waals surface area contributed by atoms with E-state index in [4.69, 9.17) is 0 Å². The molecule has 0 aliphatic rings. The Bertz CT molecular complexity index is 95.8. The summed E-state index contributed by atoms with van der Waals surface area (Å²) >= 11 is -0.606. The van der Waals surface area contributed by atoms with Crippen molar-refractivity contribution in [1.82, 2.24) is 0 Å². The van der Waals surface area contributed by atoms with Crippen LogP contribution in [0.4, 0.5) is 0 Å². The molecule has 0 saturated heterocycles. The maximum Gasteiger partial charge on any atom is 0.115 e. The fourth-order valence-electron chi connectivity index (χ4n) is 1.30. The van der Waals surface area contributed by atoms with Gasteiger partial charge in [-0.3, -0.25) is 0 Å². The van der Waals surface area contributed by atoms with Crippen LogP contribution in [0.15, 0.2) is 0 Å². The van der Waals surface area contributed by atoms with Crippen molar-refractivity contribution in [2.24, 2.45) is 0 Å². The van der Waals surface area contributed by atoms with Crippen molar-refractivity contribution in [3.8, 4) is 0 Å². The summed E-state index contributed by atoms with van der Waals surface area (Å²) in [7, 11) is 0. The number of hydrogen-bond donors (Lipinski definition) is 0. The average Bonchev–Trinajstić information content (AvgIpc) is 2.11. The summed E-state index contributed by atoms with van der Waals surface area (Å²) in [5, 5.41) is 0.410. The van der Waals surface area contributed by atoms with E-state index in [9.17, 15) is 4.55 Å². The van der Waals surface area contributed by atoms with E-state index >= 15 is 0 Å². The minimum absolute atomic E-state index is 0.410. The molecule has 12 heavy (non-hydrogen) atoms. The van der Waals surface area contributed by atoms with Crippen LogP contribution in [-0.2, 0) is 11.2 Å². The number of unbranched alkanes of at least 4 members (excludes halogenated alkanes) is 1. The van der Waals surface area contributed by atoms with Gasteiger partial charge in [0.05, 0.1) is 0 Å². The fourth-order valence-corrected chi connectivity index (χ4v) is 2.63. The highest BCUT2D eigenvalue weighted by Gasteiger charge is 2.18. The molecule has 0 amide bonds. The summed E-state index contributed by atoms with van der Waals surface area (Å²) in [5.74, 6) is 0.800. The van der Waals surface area contributed by atoms with Crippen LogP contribution in [0.3, 0.4) is 0 Å². The molecular formula is C10H21OS. The van der Waals surface area contributed by atoms with Crippen LogP contribution < -0.4 is 0 Å². The van der Waals surface area contributed by atoms with Crippen molar-refractivity contribution in [1.29, 1.82) is 0 Å². The van der Waals surface area contributed by atoms with Crippen molar-refractivity contribution in [2.75, 3.05) is 5.75 Å². The molecule has 1 nitrogen and oxygen atoms in total. The quantitative estimate of drug-likeness (QED) is 0.565. The summed E-state index contributed by atoms with van der Waals surface area (Å²) in [4.78, 5) is 0. The molecule has 0 saturated carbocycles.